The highest BCUT2D eigenvalue weighted by atomic mass is 16.1. The van der Waals surface area contributed by atoms with Gasteiger partial charge in [-0.2, -0.15) is 14.8 Å². The first-order chi connectivity index (χ1) is 16.6. The van der Waals surface area contributed by atoms with Gasteiger partial charge in [0.2, 0.25) is 0 Å². The SMILES string of the molecule is C=CC(=C)Nc1ccc(C(=O)NCCc2cc3c(-c4cnn5ncccc45)ccnc3[nH]2)cc1. The predicted octanol–water partition coefficient (Wildman–Crippen LogP) is 4.36. The number of allylic oxidation sites excluding steroid dienone is 1. The second-order valence-electron chi connectivity index (χ2n) is 7.81. The van der Waals surface area contributed by atoms with Crippen LogP contribution < -0.4 is 10.6 Å². The molecule has 0 saturated heterocycles. The molecule has 8 heteroatoms. The van der Waals surface area contributed by atoms with Crippen LogP contribution in [0.25, 0.3) is 27.7 Å². The van der Waals surface area contributed by atoms with Crippen LogP contribution in [0.15, 0.2) is 92.1 Å². The highest BCUT2D eigenvalue weighted by Gasteiger charge is 2.13. The third-order valence-electron chi connectivity index (χ3n) is 5.56. The molecule has 4 heterocycles. The summed E-state index contributed by atoms with van der Waals surface area (Å²) in [6, 6.07) is 15.2. The number of carbonyl (C=O) groups is 1. The molecule has 8 nitrogen and oxygen atoms in total. The topological polar surface area (TPSA) is 100 Å². The van der Waals surface area contributed by atoms with E-state index >= 15 is 0 Å². The Morgan fingerprint density at radius 1 is 1.09 bits per heavy atom. The Balaban J connectivity index is 1.27. The number of nitrogens with one attached hydrogen (secondary N) is 3. The molecule has 4 aromatic heterocycles. The van der Waals surface area contributed by atoms with Gasteiger partial charge in [-0.15, -0.1) is 0 Å². The number of hydrogen-bond donors (Lipinski definition) is 3. The van der Waals surface area contributed by atoms with Crippen LogP contribution in [0, 0.1) is 0 Å². The average molecular weight is 450 g/mol. The van der Waals surface area contributed by atoms with E-state index < -0.39 is 0 Å². The molecule has 0 unspecified atom stereocenters. The number of rotatable bonds is 8. The number of hydrogen-bond acceptors (Lipinski definition) is 5. The fraction of sp³-hybridized carbons (Fsp3) is 0.0769. The first-order valence-electron chi connectivity index (χ1n) is 10.8. The number of nitrogens with zero attached hydrogens (tertiary/aromatic N) is 4. The van der Waals surface area contributed by atoms with Crippen molar-refractivity contribution >= 4 is 28.1 Å². The number of carbonyl (C=O) groups excluding carboxylic acids is 1. The zero-order valence-electron chi connectivity index (χ0n) is 18.5. The number of amides is 1. The number of H-pyrrole nitrogens is 1. The first-order valence-corrected chi connectivity index (χ1v) is 10.8. The van der Waals surface area contributed by atoms with Crippen LogP contribution in [0.2, 0.25) is 0 Å². The van der Waals surface area contributed by atoms with Gasteiger partial charge in [-0.25, -0.2) is 4.98 Å². The number of aromatic amines is 1. The van der Waals surface area contributed by atoms with Crippen molar-refractivity contribution in [3.8, 4) is 11.1 Å². The lowest BCUT2D eigenvalue weighted by Gasteiger charge is -2.08. The van der Waals surface area contributed by atoms with E-state index in [0.717, 1.165) is 39.1 Å². The Morgan fingerprint density at radius 3 is 2.76 bits per heavy atom. The number of aromatic nitrogens is 5. The molecular formula is C26H23N7O. The van der Waals surface area contributed by atoms with Crippen molar-refractivity contribution in [2.75, 3.05) is 11.9 Å². The molecule has 0 spiro atoms. The molecule has 168 valence electrons. The zero-order chi connectivity index (χ0) is 23.5. The summed E-state index contributed by atoms with van der Waals surface area (Å²) in [6.07, 6.45) is 7.59. The summed E-state index contributed by atoms with van der Waals surface area (Å²) in [7, 11) is 0. The molecule has 0 saturated carbocycles. The Morgan fingerprint density at radius 2 is 1.94 bits per heavy atom. The van der Waals surface area contributed by atoms with E-state index in [0.29, 0.717) is 24.2 Å². The molecule has 34 heavy (non-hydrogen) atoms. The molecule has 3 N–H and O–H groups in total. The summed E-state index contributed by atoms with van der Waals surface area (Å²) in [6.45, 7) is 7.98. The molecule has 0 bridgehead atoms. The van der Waals surface area contributed by atoms with Gasteiger partial charge in [0.15, 0.2) is 0 Å². The summed E-state index contributed by atoms with van der Waals surface area (Å²) in [5.74, 6) is -0.122. The van der Waals surface area contributed by atoms with Crippen molar-refractivity contribution in [3.05, 3.63) is 103 Å². The molecule has 0 atom stereocenters. The fourth-order valence-electron chi connectivity index (χ4n) is 3.85. The van der Waals surface area contributed by atoms with Crippen LogP contribution in [-0.4, -0.2) is 37.2 Å². The molecule has 1 aromatic carbocycles. The van der Waals surface area contributed by atoms with Gasteiger partial charge in [0.25, 0.3) is 5.91 Å². The van der Waals surface area contributed by atoms with Gasteiger partial charge < -0.3 is 15.6 Å². The summed E-state index contributed by atoms with van der Waals surface area (Å²) in [5, 5.41) is 15.7. The van der Waals surface area contributed by atoms with Crippen molar-refractivity contribution in [1.82, 2.24) is 30.1 Å². The summed E-state index contributed by atoms with van der Waals surface area (Å²) < 4.78 is 1.61. The van der Waals surface area contributed by atoms with Crippen LogP contribution in [0.3, 0.4) is 0 Å². The second-order valence-corrected chi connectivity index (χ2v) is 7.81. The molecular weight excluding hydrogens is 426 g/mol. The molecule has 0 fully saturated rings. The quantitative estimate of drug-likeness (QED) is 0.306. The van der Waals surface area contributed by atoms with Crippen molar-refractivity contribution in [3.63, 3.8) is 0 Å². The maximum absolute atomic E-state index is 12.5. The number of pyridine rings is 1. The van der Waals surface area contributed by atoms with E-state index in [4.69, 9.17) is 0 Å². The lowest BCUT2D eigenvalue weighted by molar-refractivity contribution is 0.0954. The minimum absolute atomic E-state index is 0.122. The van der Waals surface area contributed by atoms with Crippen molar-refractivity contribution < 1.29 is 4.79 Å². The van der Waals surface area contributed by atoms with E-state index in [1.165, 1.54) is 0 Å². The smallest absolute Gasteiger partial charge is 0.251 e. The lowest BCUT2D eigenvalue weighted by Crippen LogP contribution is -2.25. The van der Waals surface area contributed by atoms with Crippen LogP contribution in [0.5, 0.6) is 0 Å². The minimum Gasteiger partial charge on any atom is -0.356 e. The normalized spacial score (nSPS) is 10.9. The van der Waals surface area contributed by atoms with Crippen LogP contribution in [0.4, 0.5) is 5.69 Å². The standard InChI is InChI=1S/C26H23N7O/c1-3-17(2)31-19-8-6-18(7-9-19)26(34)28-13-10-20-15-22-21(11-14-27-25(22)32-20)23-16-30-33-24(23)5-4-12-29-33/h3-9,11-12,14-16,31H,1-2,10,13H2,(H,27,32)(H,28,34). The Bertz CT molecular complexity index is 1510. The Labute approximate surface area is 196 Å². The average Bonchev–Trinajstić information content (AvgIpc) is 3.48. The van der Waals surface area contributed by atoms with E-state index in [-0.39, 0.29) is 5.91 Å². The molecule has 5 aromatic rings. The Hall–Kier alpha value is -4.72. The number of anilines is 1. The van der Waals surface area contributed by atoms with Crippen molar-refractivity contribution in [2.45, 2.75) is 6.42 Å². The molecule has 0 radical (unpaired) electrons. The maximum atomic E-state index is 12.5. The summed E-state index contributed by atoms with van der Waals surface area (Å²) in [5.41, 5.74) is 6.90. The lowest BCUT2D eigenvalue weighted by atomic mass is 10.1. The maximum Gasteiger partial charge on any atom is 0.251 e. The van der Waals surface area contributed by atoms with Gasteiger partial charge >= 0.3 is 0 Å². The van der Waals surface area contributed by atoms with Gasteiger partial charge in [0.05, 0.1) is 11.7 Å². The highest BCUT2D eigenvalue weighted by Crippen LogP contribution is 2.30. The van der Waals surface area contributed by atoms with Gasteiger partial charge in [-0.3, -0.25) is 4.79 Å². The zero-order valence-corrected chi connectivity index (χ0v) is 18.5. The monoisotopic (exact) mass is 449 g/mol. The van der Waals surface area contributed by atoms with Gasteiger partial charge in [-0.1, -0.05) is 13.2 Å². The third-order valence-corrected chi connectivity index (χ3v) is 5.56. The molecule has 5 rings (SSSR count). The van der Waals surface area contributed by atoms with Crippen molar-refractivity contribution in [1.29, 1.82) is 0 Å². The van der Waals surface area contributed by atoms with Gasteiger partial charge in [0.1, 0.15) is 5.65 Å². The molecule has 0 aliphatic heterocycles. The van der Waals surface area contributed by atoms with Crippen LogP contribution in [-0.2, 0) is 6.42 Å². The summed E-state index contributed by atoms with van der Waals surface area (Å²) >= 11 is 0. The Kier molecular flexibility index (Phi) is 5.61. The molecule has 0 aliphatic carbocycles. The van der Waals surface area contributed by atoms with E-state index in [1.807, 2.05) is 36.5 Å². The largest absolute Gasteiger partial charge is 0.356 e. The number of fused-ring (bicyclic) bond motifs is 2. The molecule has 0 aliphatic rings. The fourth-order valence-corrected chi connectivity index (χ4v) is 3.85. The van der Waals surface area contributed by atoms with Gasteiger partial charge in [-0.05, 0) is 60.2 Å². The van der Waals surface area contributed by atoms with E-state index in [1.54, 1.807) is 35.2 Å². The van der Waals surface area contributed by atoms with E-state index in [9.17, 15) is 4.79 Å². The predicted molar refractivity (Wildman–Crippen MR) is 134 cm³/mol. The minimum atomic E-state index is -0.122. The first kappa shape index (κ1) is 21.1. The van der Waals surface area contributed by atoms with Crippen LogP contribution in [0.1, 0.15) is 16.1 Å². The second kappa shape index (κ2) is 9.03. The third kappa shape index (κ3) is 4.16. The molecule has 1 amide bonds. The van der Waals surface area contributed by atoms with Crippen LogP contribution >= 0.6 is 0 Å². The van der Waals surface area contributed by atoms with Gasteiger partial charge in [0, 0.05) is 59.0 Å². The van der Waals surface area contributed by atoms with E-state index in [2.05, 4.69) is 50.0 Å². The highest BCUT2D eigenvalue weighted by molar-refractivity contribution is 5.97. The summed E-state index contributed by atoms with van der Waals surface area (Å²) in [4.78, 5) is 20.4. The number of benzene rings is 1. The van der Waals surface area contributed by atoms with Crippen molar-refractivity contribution in [2.24, 2.45) is 0 Å².